The molecule has 0 aromatic heterocycles. The van der Waals surface area contributed by atoms with Crippen LogP contribution in [0.1, 0.15) is 66.2 Å². The maximum Gasteiger partial charge on any atom is 0.0573 e. The first-order chi connectivity index (χ1) is 7.95. The maximum absolute atomic E-state index is 10.2. The van der Waals surface area contributed by atoms with Gasteiger partial charge in [-0.25, -0.2) is 0 Å². The number of aliphatic hydroxyl groups is 1. The smallest absolute Gasteiger partial charge is 0.0573 e. The predicted molar refractivity (Wildman–Crippen MR) is 72.8 cm³/mol. The van der Waals surface area contributed by atoms with Crippen molar-refractivity contribution in [2.45, 2.75) is 72.3 Å². The Hall–Kier alpha value is -0.0400. The number of rotatable bonds is 3. The van der Waals surface area contributed by atoms with E-state index in [0.717, 1.165) is 24.2 Å². The molecule has 0 heterocycles. The van der Waals surface area contributed by atoms with Gasteiger partial charge >= 0.3 is 0 Å². The fourth-order valence-corrected chi connectivity index (χ4v) is 5.03. The Morgan fingerprint density at radius 2 is 1.88 bits per heavy atom. The molecule has 2 saturated carbocycles. The van der Waals surface area contributed by atoms with E-state index in [1.165, 1.54) is 32.1 Å². The van der Waals surface area contributed by atoms with Crippen LogP contribution in [0, 0.1) is 29.1 Å². The van der Waals surface area contributed by atoms with Crippen molar-refractivity contribution in [3.05, 3.63) is 0 Å². The molecule has 0 aromatic carbocycles. The Morgan fingerprint density at radius 1 is 1.18 bits per heavy atom. The Balaban J connectivity index is 2.09. The van der Waals surface area contributed by atoms with Gasteiger partial charge in [-0.05, 0) is 61.2 Å². The summed E-state index contributed by atoms with van der Waals surface area (Å²) in [6.07, 6.45) is 7.59. The highest BCUT2D eigenvalue weighted by Crippen LogP contribution is 2.58. The lowest BCUT2D eigenvalue weighted by atomic mass is 9.61. The van der Waals surface area contributed by atoms with Gasteiger partial charge in [0, 0.05) is 0 Å². The zero-order valence-corrected chi connectivity index (χ0v) is 12.1. The summed E-state index contributed by atoms with van der Waals surface area (Å²) in [6, 6.07) is 0. The molecule has 0 aliphatic heterocycles. The molecule has 0 aromatic rings. The van der Waals surface area contributed by atoms with Crippen LogP contribution < -0.4 is 0 Å². The van der Waals surface area contributed by atoms with Gasteiger partial charge in [-0.3, -0.25) is 0 Å². The summed E-state index contributed by atoms with van der Waals surface area (Å²) in [4.78, 5) is 0. The molecule has 5 atom stereocenters. The summed E-state index contributed by atoms with van der Waals surface area (Å²) in [6.45, 7) is 9.58. The molecule has 2 aliphatic rings. The van der Waals surface area contributed by atoms with E-state index in [1.54, 1.807) is 0 Å². The van der Waals surface area contributed by atoms with Gasteiger partial charge in [-0.15, -0.1) is 0 Å². The van der Waals surface area contributed by atoms with Crippen LogP contribution in [0.2, 0.25) is 0 Å². The molecule has 0 amide bonds. The fourth-order valence-electron chi connectivity index (χ4n) is 5.03. The van der Waals surface area contributed by atoms with E-state index in [2.05, 4.69) is 27.7 Å². The Kier molecular flexibility index (Phi) is 3.87. The number of aliphatic hydroxyl groups excluding tert-OH is 1. The summed E-state index contributed by atoms with van der Waals surface area (Å²) >= 11 is 0. The van der Waals surface area contributed by atoms with Crippen LogP contribution in [-0.4, -0.2) is 11.2 Å². The van der Waals surface area contributed by atoms with Gasteiger partial charge in [0.1, 0.15) is 0 Å². The summed E-state index contributed by atoms with van der Waals surface area (Å²) in [5.41, 5.74) is 0.436. The summed E-state index contributed by atoms with van der Waals surface area (Å²) < 4.78 is 0. The highest BCUT2D eigenvalue weighted by Gasteiger charge is 2.52. The monoisotopic (exact) mass is 238 g/mol. The minimum Gasteiger partial charge on any atom is -0.393 e. The highest BCUT2D eigenvalue weighted by molar-refractivity contribution is 5.01. The molecule has 1 N–H and O–H groups in total. The van der Waals surface area contributed by atoms with Gasteiger partial charge in [-0.1, -0.05) is 34.1 Å². The van der Waals surface area contributed by atoms with E-state index in [-0.39, 0.29) is 6.10 Å². The molecule has 0 bridgehead atoms. The molecule has 0 spiro atoms. The highest BCUT2D eigenvalue weighted by atomic mass is 16.3. The standard InChI is InChI=1S/C16H30O/c1-11(2)10-12(3)13-7-8-14-15(17)6-5-9-16(13,14)4/h11-15,17H,5-10H2,1-4H3/t12-,13+,14-,15-,16+/m0/s1. The molecular weight excluding hydrogens is 208 g/mol. The van der Waals surface area contributed by atoms with Crippen LogP contribution in [0.3, 0.4) is 0 Å². The zero-order chi connectivity index (χ0) is 12.6. The van der Waals surface area contributed by atoms with Crippen LogP contribution in [0.5, 0.6) is 0 Å². The van der Waals surface area contributed by atoms with Gasteiger partial charge in [-0.2, -0.15) is 0 Å². The normalized spacial score (nSPS) is 43.8. The van der Waals surface area contributed by atoms with Crippen molar-refractivity contribution < 1.29 is 5.11 Å². The lowest BCUT2D eigenvalue weighted by Crippen LogP contribution is -2.41. The van der Waals surface area contributed by atoms with E-state index in [0.29, 0.717) is 11.3 Å². The van der Waals surface area contributed by atoms with Crippen LogP contribution in [0.25, 0.3) is 0 Å². The second-order valence-corrected chi connectivity index (χ2v) is 7.36. The predicted octanol–water partition coefficient (Wildman–Crippen LogP) is 4.25. The van der Waals surface area contributed by atoms with Crippen molar-refractivity contribution in [2.75, 3.05) is 0 Å². The lowest BCUT2D eigenvalue weighted by Gasteiger charge is -2.45. The van der Waals surface area contributed by atoms with Gasteiger partial charge in [0.25, 0.3) is 0 Å². The third-order valence-corrected chi connectivity index (χ3v) is 5.69. The molecule has 2 fully saturated rings. The quantitative estimate of drug-likeness (QED) is 0.779. The van der Waals surface area contributed by atoms with Crippen molar-refractivity contribution in [1.29, 1.82) is 0 Å². The minimum atomic E-state index is -0.00926. The SMILES string of the molecule is CC(C)C[C@H](C)[C@H]1CC[C@H]2[C@@H](O)CCC[C@]12C. The lowest BCUT2D eigenvalue weighted by molar-refractivity contribution is -0.0285. The summed E-state index contributed by atoms with van der Waals surface area (Å²) in [7, 11) is 0. The molecule has 1 heteroatoms. The van der Waals surface area contributed by atoms with E-state index < -0.39 is 0 Å². The van der Waals surface area contributed by atoms with Crippen molar-refractivity contribution in [2.24, 2.45) is 29.1 Å². The molecule has 1 nitrogen and oxygen atoms in total. The molecule has 2 rings (SSSR count). The van der Waals surface area contributed by atoms with E-state index in [4.69, 9.17) is 0 Å². The molecule has 17 heavy (non-hydrogen) atoms. The van der Waals surface area contributed by atoms with Crippen molar-refractivity contribution in [3.63, 3.8) is 0 Å². The Labute approximate surface area is 107 Å². The molecule has 0 radical (unpaired) electrons. The van der Waals surface area contributed by atoms with Crippen molar-refractivity contribution in [3.8, 4) is 0 Å². The third kappa shape index (κ3) is 2.41. The fraction of sp³-hybridized carbons (Fsp3) is 1.00. The van der Waals surface area contributed by atoms with E-state index in [1.807, 2.05) is 0 Å². The van der Waals surface area contributed by atoms with Gasteiger partial charge in [0.05, 0.1) is 6.10 Å². The second-order valence-electron chi connectivity index (χ2n) is 7.36. The first-order valence-electron chi connectivity index (χ1n) is 7.63. The molecule has 2 aliphatic carbocycles. The largest absolute Gasteiger partial charge is 0.393 e. The van der Waals surface area contributed by atoms with Gasteiger partial charge < -0.3 is 5.11 Å². The maximum atomic E-state index is 10.2. The molecule has 0 saturated heterocycles. The topological polar surface area (TPSA) is 20.2 Å². The average Bonchev–Trinajstić information content (AvgIpc) is 2.55. The van der Waals surface area contributed by atoms with Crippen LogP contribution in [-0.2, 0) is 0 Å². The Morgan fingerprint density at radius 3 is 2.53 bits per heavy atom. The summed E-state index contributed by atoms with van der Waals surface area (Å²) in [5, 5.41) is 10.2. The first kappa shape index (κ1) is 13.4. The minimum absolute atomic E-state index is 0.00926. The van der Waals surface area contributed by atoms with Gasteiger partial charge in [0.15, 0.2) is 0 Å². The van der Waals surface area contributed by atoms with Crippen molar-refractivity contribution >= 4 is 0 Å². The van der Waals surface area contributed by atoms with Gasteiger partial charge in [0.2, 0.25) is 0 Å². The average molecular weight is 238 g/mol. The first-order valence-corrected chi connectivity index (χ1v) is 7.63. The van der Waals surface area contributed by atoms with E-state index >= 15 is 0 Å². The molecule has 100 valence electrons. The number of hydrogen-bond donors (Lipinski definition) is 1. The molecule has 0 unspecified atom stereocenters. The van der Waals surface area contributed by atoms with Crippen LogP contribution in [0.15, 0.2) is 0 Å². The number of hydrogen-bond acceptors (Lipinski definition) is 1. The third-order valence-electron chi connectivity index (χ3n) is 5.69. The zero-order valence-electron chi connectivity index (χ0n) is 12.1. The second kappa shape index (κ2) is 4.91. The summed E-state index contributed by atoms with van der Waals surface area (Å²) in [5.74, 6) is 3.08. The van der Waals surface area contributed by atoms with Crippen molar-refractivity contribution in [1.82, 2.24) is 0 Å². The number of fused-ring (bicyclic) bond motifs is 1. The molecular formula is C16H30O. The van der Waals surface area contributed by atoms with Crippen LogP contribution in [0.4, 0.5) is 0 Å². The Bertz CT molecular complexity index is 260. The van der Waals surface area contributed by atoms with Crippen LogP contribution >= 0.6 is 0 Å². The van der Waals surface area contributed by atoms with E-state index in [9.17, 15) is 5.11 Å².